The Morgan fingerprint density at radius 2 is 2.07 bits per heavy atom. The Morgan fingerprint density at radius 1 is 1.29 bits per heavy atom. The summed E-state index contributed by atoms with van der Waals surface area (Å²) in [6.07, 6.45) is 1.20. The van der Waals surface area contributed by atoms with Crippen LogP contribution in [0.2, 0.25) is 0 Å². The summed E-state index contributed by atoms with van der Waals surface area (Å²) < 4.78 is 5.84. The SMILES string of the molecule is CC(C)C1Oc2ccc(N)nc2N(CC(=O)N2CCCc3ccccc32)C1=O. The number of nitrogens with two attached hydrogens (primary N) is 1. The van der Waals surface area contributed by atoms with Gasteiger partial charge >= 0.3 is 0 Å². The van der Waals surface area contributed by atoms with Gasteiger partial charge in [-0.05, 0) is 42.5 Å². The van der Waals surface area contributed by atoms with E-state index in [4.69, 9.17) is 10.5 Å². The van der Waals surface area contributed by atoms with Crippen LogP contribution in [0.4, 0.5) is 17.3 Å². The molecule has 0 saturated heterocycles. The van der Waals surface area contributed by atoms with Crippen LogP contribution in [0.1, 0.15) is 25.8 Å². The molecule has 1 unspecified atom stereocenters. The van der Waals surface area contributed by atoms with Crippen molar-refractivity contribution in [1.82, 2.24) is 4.98 Å². The highest BCUT2D eigenvalue weighted by Gasteiger charge is 2.39. The van der Waals surface area contributed by atoms with Gasteiger partial charge in [0.25, 0.3) is 5.91 Å². The van der Waals surface area contributed by atoms with E-state index in [1.807, 2.05) is 38.1 Å². The van der Waals surface area contributed by atoms with Crippen molar-refractivity contribution >= 4 is 29.1 Å². The lowest BCUT2D eigenvalue weighted by Crippen LogP contribution is -2.53. The molecule has 0 fully saturated rings. The molecule has 0 saturated carbocycles. The molecular weight excluding hydrogens is 356 g/mol. The Labute approximate surface area is 164 Å². The first-order chi connectivity index (χ1) is 13.5. The predicted molar refractivity (Wildman–Crippen MR) is 107 cm³/mol. The van der Waals surface area contributed by atoms with E-state index in [9.17, 15) is 9.59 Å². The fraction of sp³-hybridized carbons (Fsp3) is 0.381. The summed E-state index contributed by atoms with van der Waals surface area (Å²) in [6.45, 7) is 4.38. The van der Waals surface area contributed by atoms with Crippen molar-refractivity contribution in [3.05, 3.63) is 42.0 Å². The molecule has 2 aromatic rings. The predicted octanol–water partition coefficient (Wildman–Crippen LogP) is 2.39. The van der Waals surface area contributed by atoms with Gasteiger partial charge in [-0.15, -0.1) is 0 Å². The van der Waals surface area contributed by atoms with Crippen molar-refractivity contribution in [2.24, 2.45) is 5.92 Å². The van der Waals surface area contributed by atoms with Gasteiger partial charge in [0.15, 0.2) is 17.7 Å². The van der Waals surface area contributed by atoms with Crippen LogP contribution >= 0.6 is 0 Å². The second kappa shape index (κ2) is 7.14. The Morgan fingerprint density at radius 3 is 2.86 bits per heavy atom. The van der Waals surface area contributed by atoms with E-state index >= 15 is 0 Å². The number of rotatable bonds is 3. The molecule has 2 aliphatic heterocycles. The first kappa shape index (κ1) is 18.3. The van der Waals surface area contributed by atoms with Crippen LogP contribution in [0.5, 0.6) is 5.75 Å². The molecule has 1 aromatic carbocycles. The highest BCUT2D eigenvalue weighted by molar-refractivity contribution is 6.06. The molecule has 146 valence electrons. The van der Waals surface area contributed by atoms with Crippen molar-refractivity contribution in [2.45, 2.75) is 32.8 Å². The zero-order valence-corrected chi connectivity index (χ0v) is 16.1. The van der Waals surface area contributed by atoms with E-state index in [0.29, 0.717) is 18.1 Å². The van der Waals surface area contributed by atoms with E-state index in [1.165, 1.54) is 4.90 Å². The topological polar surface area (TPSA) is 88.8 Å². The quantitative estimate of drug-likeness (QED) is 0.883. The maximum Gasteiger partial charge on any atom is 0.270 e. The van der Waals surface area contributed by atoms with Gasteiger partial charge in [-0.25, -0.2) is 4.98 Å². The van der Waals surface area contributed by atoms with Crippen LogP contribution < -0.4 is 20.3 Å². The third kappa shape index (κ3) is 3.17. The van der Waals surface area contributed by atoms with E-state index in [2.05, 4.69) is 4.98 Å². The molecule has 1 aromatic heterocycles. The first-order valence-electron chi connectivity index (χ1n) is 9.58. The van der Waals surface area contributed by atoms with Crippen LogP contribution in [0.15, 0.2) is 36.4 Å². The number of fused-ring (bicyclic) bond motifs is 2. The molecule has 0 radical (unpaired) electrons. The number of pyridine rings is 1. The summed E-state index contributed by atoms with van der Waals surface area (Å²) >= 11 is 0. The fourth-order valence-corrected chi connectivity index (χ4v) is 3.77. The molecule has 0 aliphatic carbocycles. The van der Waals surface area contributed by atoms with Crippen molar-refractivity contribution in [1.29, 1.82) is 0 Å². The minimum absolute atomic E-state index is 0.0356. The number of carbonyl (C=O) groups excluding carboxylic acids is 2. The van der Waals surface area contributed by atoms with Crippen molar-refractivity contribution in [3.8, 4) is 5.75 Å². The molecule has 2 amide bonds. The van der Waals surface area contributed by atoms with Crippen LogP contribution in [0.25, 0.3) is 0 Å². The van der Waals surface area contributed by atoms with Gasteiger partial charge in [-0.3, -0.25) is 14.5 Å². The standard InChI is InChI=1S/C21H24N4O3/c1-13(2)19-21(27)25(20-16(28-19)9-10-17(22)23-20)12-18(26)24-11-5-7-14-6-3-4-8-15(14)24/h3-4,6,8-10,13,19H,5,7,11-12H2,1-2H3,(H2,22,23). The van der Waals surface area contributed by atoms with Gasteiger partial charge in [-0.1, -0.05) is 32.0 Å². The molecule has 1 atom stereocenters. The molecule has 28 heavy (non-hydrogen) atoms. The van der Waals surface area contributed by atoms with Crippen molar-refractivity contribution < 1.29 is 14.3 Å². The molecule has 4 rings (SSSR count). The average Bonchev–Trinajstić information content (AvgIpc) is 2.69. The zero-order valence-electron chi connectivity index (χ0n) is 16.1. The molecule has 2 aliphatic rings. The molecule has 7 nitrogen and oxygen atoms in total. The lowest BCUT2D eigenvalue weighted by molar-refractivity contribution is -0.130. The number of hydrogen-bond donors (Lipinski definition) is 1. The van der Waals surface area contributed by atoms with Crippen LogP contribution in [-0.2, 0) is 16.0 Å². The van der Waals surface area contributed by atoms with Gasteiger partial charge in [-0.2, -0.15) is 0 Å². The summed E-state index contributed by atoms with van der Waals surface area (Å²) in [7, 11) is 0. The van der Waals surface area contributed by atoms with Crippen LogP contribution in [-0.4, -0.2) is 36.0 Å². The van der Waals surface area contributed by atoms with Crippen molar-refractivity contribution in [3.63, 3.8) is 0 Å². The number of amides is 2. The second-order valence-corrected chi connectivity index (χ2v) is 7.54. The number of para-hydroxylation sites is 1. The Bertz CT molecular complexity index is 928. The van der Waals surface area contributed by atoms with E-state index in [0.717, 1.165) is 24.1 Å². The lowest BCUT2D eigenvalue weighted by Gasteiger charge is -2.36. The number of aryl methyl sites for hydroxylation is 1. The molecule has 7 heteroatoms. The Hall–Kier alpha value is -3.09. The fourth-order valence-electron chi connectivity index (χ4n) is 3.77. The number of anilines is 3. The van der Waals surface area contributed by atoms with Gasteiger partial charge in [0.1, 0.15) is 12.4 Å². The largest absolute Gasteiger partial charge is 0.476 e. The number of carbonyl (C=O) groups is 2. The number of nitrogens with zero attached hydrogens (tertiary/aromatic N) is 3. The molecule has 3 heterocycles. The summed E-state index contributed by atoms with van der Waals surface area (Å²) in [4.78, 5) is 33.7. The Kier molecular flexibility index (Phi) is 4.66. The summed E-state index contributed by atoms with van der Waals surface area (Å²) in [5.74, 6) is 0.615. The maximum absolute atomic E-state index is 13.2. The van der Waals surface area contributed by atoms with Crippen LogP contribution in [0.3, 0.4) is 0 Å². The van der Waals surface area contributed by atoms with Gasteiger partial charge in [0.05, 0.1) is 0 Å². The first-order valence-corrected chi connectivity index (χ1v) is 9.58. The monoisotopic (exact) mass is 380 g/mol. The molecule has 0 bridgehead atoms. The number of ether oxygens (including phenoxy) is 1. The number of hydrogen-bond acceptors (Lipinski definition) is 5. The van der Waals surface area contributed by atoms with Gasteiger partial charge < -0.3 is 15.4 Å². The number of aromatic nitrogens is 1. The average molecular weight is 380 g/mol. The molecule has 0 spiro atoms. The summed E-state index contributed by atoms with van der Waals surface area (Å²) in [5.41, 5.74) is 7.89. The minimum Gasteiger partial charge on any atom is -0.476 e. The molecule has 2 N–H and O–H groups in total. The normalized spacial score (nSPS) is 18.5. The maximum atomic E-state index is 13.2. The van der Waals surface area contributed by atoms with Crippen molar-refractivity contribution in [2.75, 3.05) is 28.6 Å². The summed E-state index contributed by atoms with van der Waals surface area (Å²) in [6, 6.07) is 11.2. The van der Waals surface area contributed by atoms with E-state index < -0.39 is 6.10 Å². The highest BCUT2D eigenvalue weighted by atomic mass is 16.5. The Balaban J connectivity index is 1.66. The van der Waals surface area contributed by atoms with Crippen LogP contribution in [0, 0.1) is 5.92 Å². The number of nitrogen functional groups attached to an aromatic ring is 1. The lowest BCUT2D eigenvalue weighted by atomic mass is 10.0. The third-order valence-corrected chi connectivity index (χ3v) is 5.19. The number of benzene rings is 1. The van der Waals surface area contributed by atoms with E-state index in [-0.39, 0.29) is 30.1 Å². The van der Waals surface area contributed by atoms with E-state index in [1.54, 1.807) is 17.0 Å². The second-order valence-electron chi connectivity index (χ2n) is 7.54. The highest BCUT2D eigenvalue weighted by Crippen LogP contribution is 2.35. The van der Waals surface area contributed by atoms with Gasteiger partial charge in [0.2, 0.25) is 5.91 Å². The minimum atomic E-state index is -0.653. The third-order valence-electron chi connectivity index (χ3n) is 5.19. The smallest absolute Gasteiger partial charge is 0.270 e. The summed E-state index contributed by atoms with van der Waals surface area (Å²) in [5, 5.41) is 0. The molecular formula is C21H24N4O3. The van der Waals surface area contributed by atoms with Gasteiger partial charge in [0, 0.05) is 12.2 Å². The zero-order chi connectivity index (χ0) is 19.8.